The summed E-state index contributed by atoms with van der Waals surface area (Å²) < 4.78 is 5.45. The van der Waals surface area contributed by atoms with Crippen LogP contribution in [0.5, 0.6) is 5.75 Å². The fourth-order valence-electron chi connectivity index (χ4n) is 4.63. The first-order valence-electron chi connectivity index (χ1n) is 11.0. The Labute approximate surface area is 172 Å². The van der Waals surface area contributed by atoms with Crippen LogP contribution < -0.4 is 9.64 Å². The van der Waals surface area contributed by atoms with E-state index in [-0.39, 0.29) is 36.1 Å². The van der Waals surface area contributed by atoms with Gasteiger partial charge in [0.25, 0.3) is 5.91 Å². The van der Waals surface area contributed by atoms with Crippen molar-refractivity contribution in [2.45, 2.75) is 76.8 Å². The van der Waals surface area contributed by atoms with E-state index in [1.807, 2.05) is 11.8 Å². The molecule has 1 unspecified atom stereocenters. The highest BCUT2D eigenvalue weighted by Crippen LogP contribution is 2.37. The Bertz CT molecular complexity index is 764. The number of ether oxygens (including phenoxy) is 1. The average Bonchev–Trinajstić information content (AvgIpc) is 3.54. The molecule has 1 atom stereocenters. The first-order valence-corrected chi connectivity index (χ1v) is 11.0. The molecule has 6 heteroatoms. The number of carbonyl (C=O) groups is 3. The van der Waals surface area contributed by atoms with Crippen LogP contribution in [0.3, 0.4) is 0 Å². The summed E-state index contributed by atoms with van der Waals surface area (Å²) in [6.45, 7) is 2.47. The number of amides is 3. The summed E-state index contributed by atoms with van der Waals surface area (Å²) in [5.74, 6) is 0.331. The second-order valence-electron chi connectivity index (χ2n) is 8.38. The molecule has 0 aromatic heterocycles. The van der Waals surface area contributed by atoms with Gasteiger partial charge in [0.1, 0.15) is 11.8 Å². The van der Waals surface area contributed by atoms with Gasteiger partial charge in [0.2, 0.25) is 11.8 Å². The number of hydrogen-bond acceptors (Lipinski definition) is 4. The molecule has 29 heavy (non-hydrogen) atoms. The van der Waals surface area contributed by atoms with Gasteiger partial charge in [-0.2, -0.15) is 0 Å². The standard InChI is InChI=1S/C23H30N2O4/c1-2-29-19-13-11-18(12-14-19)25-21(26)15-20(23(25)28)24(22(27)16-9-10-16)17-7-5-3-4-6-8-17/h11-14,16-17,20H,2-10,15H2,1H3. The maximum atomic E-state index is 13.3. The molecule has 0 N–H and O–H groups in total. The van der Waals surface area contributed by atoms with Crippen molar-refractivity contribution in [3.63, 3.8) is 0 Å². The molecule has 4 rings (SSSR count). The van der Waals surface area contributed by atoms with Gasteiger partial charge in [-0.1, -0.05) is 25.7 Å². The zero-order valence-corrected chi connectivity index (χ0v) is 17.1. The molecule has 0 bridgehead atoms. The summed E-state index contributed by atoms with van der Waals surface area (Å²) >= 11 is 0. The minimum absolute atomic E-state index is 0.0423. The lowest BCUT2D eigenvalue weighted by atomic mass is 10.0. The second-order valence-corrected chi connectivity index (χ2v) is 8.38. The molecule has 1 aliphatic heterocycles. The lowest BCUT2D eigenvalue weighted by Crippen LogP contribution is -2.51. The van der Waals surface area contributed by atoms with Crippen LogP contribution in [0.1, 0.15) is 64.7 Å². The van der Waals surface area contributed by atoms with Gasteiger partial charge in [-0.15, -0.1) is 0 Å². The maximum absolute atomic E-state index is 13.3. The van der Waals surface area contributed by atoms with E-state index < -0.39 is 6.04 Å². The molecule has 1 aromatic carbocycles. The van der Waals surface area contributed by atoms with Crippen molar-refractivity contribution in [1.82, 2.24) is 4.90 Å². The minimum Gasteiger partial charge on any atom is -0.494 e. The maximum Gasteiger partial charge on any atom is 0.257 e. The number of hydrogen-bond donors (Lipinski definition) is 0. The SMILES string of the molecule is CCOc1ccc(N2C(=O)CC(N(C(=O)C3CC3)C3CCCCCC3)C2=O)cc1. The Kier molecular flexibility index (Phi) is 5.88. The quantitative estimate of drug-likeness (QED) is 0.542. The highest BCUT2D eigenvalue weighted by Gasteiger charge is 2.48. The van der Waals surface area contributed by atoms with Gasteiger partial charge in [0.05, 0.1) is 18.7 Å². The predicted octanol–water partition coefficient (Wildman–Crippen LogP) is 3.68. The molecule has 2 aliphatic carbocycles. The molecule has 1 heterocycles. The van der Waals surface area contributed by atoms with Crippen molar-refractivity contribution in [3.05, 3.63) is 24.3 Å². The number of imide groups is 1. The van der Waals surface area contributed by atoms with E-state index in [0.29, 0.717) is 18.0 Å². The molecule has 2 saturated carbocycles. The van der Waals surface area contributed by atoms with Crippen LogP contribution in [-0.4, -0.2) is 41.3 Å². The van der Waals surface area contributed by atoms with Crippen molar-refractivity contribution < 1.29 is 19.1 Å². The molecule has 1 aromatic rings. The zero-order chi connectivity index (χ0) is 20.4. The third kappa shape index (κ3) is 4.16. The molecule has 0 radical (unpaired) electrons. The van der Waals surface area contributed by atoms with Gasteiger partial charge >= 0.3 is 0 Å². The van der Waals surface area contributed by atoms with E-state index in [1.165, 1.54) is 17.7 Å². The van der Waals surface area contributed by atoms with Crippen molar-refractivity contribution in [1.29, 1.82) is 0 Å². The number of nitrogens with zero attached hydrogens (tertiary/aromatic N) is 2. The highest BCUT2D eigenvalue weighted by atomic mass is 16.5. The van der Waals surface area contributed by atoms with Crippen molar-refractivity contribution >= 4 is 23.4 Å². The molecular weight excluding hydrogens is 368 g/mol. The summed E-state index contributed by atoms with van der Waals surface area (Å²) in [5.41, 5.74) is 0.547. The predicted molar refractivity (Wildman–Crippen MR) is 110 cm³/mol. The number of carbonyl (C=O) groups excluding carboxylic acids is 3. The second kappa shape index (κ2) is 8.56. The summed E-state index contributed by atoms with van der Waals surface area (Å²) in [4.78, 5) is 42.3. The number of rotatable bonds is 6. The van der Waals surface area contributed by atoms with Gasteiger partial charge < -0.3 is 9.64 Å². The number of anilines is 1. The van der Waals surface area contributed by atoms with Crippen LogP contribution in [0, 0.1) is 5.92 Å². The van der Waals surface area contributed by atoms with E-state index in [1.54, 1.807) is 24.3 Å². The fraction of sp³-hybridized carbons (Fsp3) is 0.609. The monoisotopic (exact) mass is 398 g/mol. The largest absolute Gasteiger partial charge is 0.494 e. The molecular formula is C23H30N2O4. The summed E-state index contributed by atoms with van der Waals surface area (Å²) in [6, 6.07) is 6.43. The lowest BCUT2D eigenvalue weighted by Gasteiger charge is -2.35. The van der Waals surface area contributed by atoms with E-state index in [2.05, 4.69) is 0 Å². The minimum atomic E-state index is -0.662. The molecule has 156 valence electrons. The van der Waals surface area contributed by atoms with E-state index in [0.717, 1.165) is 38.5 Å². The van der Waals surface area contributed by atoms with Gasteiger partial charge in [-0.25, -0.2) is 4.90 Å². The van der Waals surface area contributed by atoms with Crippen LogP contribution in [0.2, 0.25) is 0 Å². The zero-order valence-electron chi connectivity index (χ0n) is 17.1. The smallest absolute Gasteiger partial charge is 0.257 e. The molecule has 3 amide bonds. The number of benzene rings is 1. The highest BCUT2D eigenvalue weighted by molar-refractivity contribution is 6.23. The normalized spacial score (nSPS) is 23.2. The Balaban J connectivity index is 1.57. The van der Waals surface area contributed by atoms with Gasteiger partial charge in [-0.05, 0) is 56.9 Å². The van der Waals surface area contributed by atoms with Gasteiger partial charge in [0, 0.05) is 12.0 Å². The molecule has 1 saturated heterocycles. The van der Waals surface area contributed by atoms with E-state index in [4.69, 9.17) is 4.74 Å². The third-order valence-corrected chi connectivity index (χ3v) is 6.26. The van der Waals surface area contributed by atoms with Crippen LogP contribution in [0.15, 0.2) is 24.3 Å². The average molecular weight is 399 g/mol. The molecule has 3 aliphatic rings. The van der Waals surface area contributed by atoms with Crippen LogP contribution in [0.4, 0.5) is 5.69 Å². The van der Waals surface area contributed by atoms with Crippen LogP contribution in [-0.2, 0) is 14.4 Å². The van der Waals surface area contributed by atoms with Crippen LogP contribution in [0.25, 0.3) is 0 Å². The summed E-state index contributed by atoms with van der Waals surface area (Å²) in [5, 5.41) is 0. The van der Waals surface area contributed by atoms with E-state index >= 15 is 0 Å². The summed E-state index contributed by atoms with van der Waals surface area (Å²) in [7, 11) is 0. The Hall–Kier alpha value is -2.37. The Morgan fingerprint density at radius 1 is 1.03 bits per heavy atom. The van der Waals surface area contributed by atoms with E-state index in [9.17, 15) is 14.4 Å². The van der Waals surface area contributed by atoms with Crippen molar-refractivity contribution in [2.24, 2.45) is 5.92 Å². The Morgan fingerprint density at radius 3 is 2.28 bits per heavy atom. The van der Waals surface area contributed by atoms with Crippen LogP contribution >= 0.6 is 0 Å². The lowest BCUT2D eigenvalue weighted by molar-refractivity contribution is -0.142. The topological polar surface area (TPSA) is 66.9 Å². The van der Waals surface area contributed by atoms with Crippen molar-refractivity contribution in [2.75, 3.05) is 11.5 Å². The molecule has 0 spiro atoms. The third-order valence-electron chi connectivity index (χ3n) is 6.26. The first-order chi connectivity index (χ1) is 14.1. The summed E-state index contributed by atoms with van der Waals surface area (Å²) in [6.07, 6.45) is 8.27. The first kappa shape index (κ1) is 19.9. The fourth-order valence-corrected chi connectivity index (χ4v) is 4.63. The Morgan fingerprint density at radius 2 is 1.69 bits per heavy atom. The molecule has 3 fully saturated rings. The molecule has 6 nitrogen and oxygen atoms in total. The van der Waals surface area contributed by atoms with Gasteiger partial charge in [-0.3, -0.25) is 14.4 Å². The van der Waals surface area contributed by atoms with Crippen molar-refractivity contribution in [3.8, 4) is 5.75 Å². The van der Waals surface area contributed by atoms with Gasteiger partial charge in [0.15, 0.2) is 0 Å².